The summed E-state index contributed by atoms with van der Waals surface area (Å²) in [5.74, 6) is -0.228. The molecule has 0 aliphatic rings. The van der Waals surface area contributed by atoms with E-state index >= 15 is 0 Å². The minimum absolute atomic E-state index is 0.0149. The highest BCUT2D eigenvalue weighted by molar-refractivity contribution is 7.99. The summed E-state index contributed by atoms with van der Waals surface area (Å²) in [7, 11) is 0. The van der Waals surface area contributed by atoms with Crippen molar-refractivity contribution in [3.63, 3.8) is 0 Å². The zero-order chi connectivity index (χ0) is 14.5. The molecular formula is C16H17ClFNS. The molecular weight excluding hydrogens is 293 g/mol. The SMILES string of the molecule is CCC(N)C(Sc1ccc(Cl)cc1)c1ccc(F)cc1. The monoisotopic (exact) mass is 309 g/mol. The van der Waals surface area contributed by atoms with Crippen molar-refractivity contribution in [2.45, 2.75) is 29.5 Å². The van der Waals surface area contributed by atoms with Gasteiger partial charge in [0, 0.05) is 21.2 Å². The van der Waals surface area contributed by atoms with Crippen LogP contribution in [0, 0.1) is 5.82 Å². The smallest absolute Gasteiger partial charge is 0.123 e. The fraction of sp³-hybridized carbons (Fsp3) is 0.250. The van der Waals surface area contributed by atoms with E-state index in [1.807, 2.05) is 24.3 Å². The molecule has 0 radical (unpaired) electrons. The maximum atomic E-state index is 13.1. The largest absolute Gasteiger partial charge is 0.326 e. The highest BCUT2D eigenvalue weighted by Crippen LogP contribution is 2.38. The van der Waals surface area contributed by atoms with E-state index < -0.39 is 0 Å². The van der Waals surface area contributed by atoms with E-state index in [9.17, 15) is 4.39 Å². The van der Waals surface area contributed by atoms with Crippen LogP contribution >= 0.6 is 23.4 Å². The molecule has 2 aromatic rings. The molecule has 1 nitrogen and oxygen atoms in total. The summed E-state index contributed by atoms with van der Waals surface area (Å²) < 4.78 is 13.1. The molecule has 0 fully saturated rings. The van der Waals surface area contributed by atoms with Crippen LogP contribution in [0.2, 0.25) is 5.02 Å². The van der Waals surface area contributed by atoms with Crippen molar-refractivity contribution >= 4 is 23.4 Å². The van der Waals surface area contributed by atoms with Gasteiger partial charge in [0.15, 0.2) is 0 Å². The Morgan fingerprint density at radius 1 is 1.10 bits per heavy atom. The molecule has 0 heterocycles. The average molecular weight is 310 g/mol. The molecule has 0 bridgehead atoms. The predicted octanol–water partition coefficient (Wildman–Crippen LogP) is 5.05. The molecule has 2 N–H and O–H groups in total. The van der Waals surface area contributed by atoms with Crippen molar-refractivity contribution in [1.82, 2.24) is 0 Å². The van der Waals surface area contributed by atoms with E-state index in [1.54, 1.807) is 23.9 Å². The lowest BCUT2D eigenvalue weighted by Crippen LogP contribution is -2.25. The molecule has 0 saturated heterocycles. The molecule has 20 heavy (non-hydrogen) atoms. The van der Waals surface area contributed by atoms with Gasteiger partial charge in [-0.15, -0.1) is 11.8 Å². The molecule has 0 amide bonds. The van der Waals surface area contributed by atoms with Crippen LogP contribution in [-0.4, -0.2) is 6.04 Å². The van der Waals surface area contributed by atoms with E-state index in [4.69, 9.17) is 17.3 Å². The molecule has 0 saturated carbocycles. The van der Waals surface area contributed by atoms with Gasteiger partial charge in [0.1, 0.15) is 5.82 Å². The van der Waals surface area contributed by atoms with E-state index in [-0.39, 0.29) is 17.1 Å². The third kappa shape index (κ3) is 3.98. The average Bonchev–Trinajstić information content (AvgIpc) is 2.47. The van der Waals surface area contributed by atoms with Crippen LogP contribution in [0.5, 0.6) is 0 Å². The second kappa shape index (κ2) is 7.11. The van der Waals surface area contributed by atoms with Gasteiger partial charge in [-0.05, 0) is 48.4 Å². The first kappa shape index (κ1) is 15.4. The van der Waals surface area contributed by atoms with E-state index in [0.717, 1.165) is 16.9 Å². The number of halogens is 2. The molecule has 106 valence electrons. The van der Waals surface area contributed by atoms with Gasteiger partial charge >= 0.3 is 0 Å². The minimum atomic E-state index is -0.228. The number of hydrogen-bond acceptors (Lipinski definition) is 2. The first-order chi connectivity index (χ1) is 9.60. The fourth-order valence-electron chi connectivity index (χ4n) is 1.93. The van der Waals surface area contributed by atoms with Crippen molar-refractivity contribution in [3.8, 4) is 0 Å². The highest BCUT2D eigenvalue weighted by Gasteiger charge is 2.20. The van der Waals surface area contributed by atoms with Crippen molar-refractivity contribution in [2.24, 2.45) is 5.73 Å². The summed E-state index contributed by atoms with van der Waals surface area (Å²) >= 11 is 7.58. The molecule has 4 heteroatoms. The molecule has 2 atom stereocenters. The van der Waals surface area contributed by atoms with Gasteiger partial charge < -0.3 is 5.73 Å². The Hall–Kier alpha value is -1.03. The van der Waals surface area contributed by atoms with Gasteiger partial charge in [-0.2, -0.15) is 0 Å². The standard InChI is InChI=1S/C16H17ClFNS/c1-2-15(19)16(11-3-7-13(18)8-4-11)20-14-9-5-12(17)6-10-14/h3-10,15-16H,2,19H2,1H3. The number of nitrogens with two attached hydrogens (primary N) is 1. The van der Waals surface area contributed by atoms with E-state index in [0.29, 0.717) is 5.02 Å². The second-order valence-electron chi connectivity index (χ2n) is 4.62. The maximum Gasteiger partial charge on any atom is 0.123 e. The van der Waals surface area contributed by atoms with E-state index in [2.05, 4.69) is 6.92 Å². The molecule has 2 unspecified atom stereocenters. The number of rotatable bonds is 5. The molecule has 0 aliphatic carbocycles. The Balaban J connectivity index is 2.23. The summed E-state index contributed by atoms with van der Waals surface area (Å²) in [4.78, 5) is 1.10. The van der Waals surface area contributed by atoms with Crippen molar-refractivity contribution in [1.29, 1.82) is 0 Å². The van der Waals surface area contributed by atoms with Crippen LogP contribution in [0.3, 0.4) is 0 Å². The third-order valence-electron chi connectivity index (χ3n) is 3.14. The lowest BCUT2D eigenvalue weighted by molar-refractivity contribution is 0.618. The molecule has 0 aliphatic heterocycles. The summed E-state index contributed by atoms with van der Waals surface area (Å²) in [6, 6.07) is 14.3. The van der Waals surface area contributed by atoms with Gasteiger partial charge in [0.2, 0.25) is 0 Å². The summed E-state index contributed by atoms with van der Waals surface area (Å²) in [6.45, 7) is 2.06. The van der Waals surface area contributed by atoms with Crippen LogP contribution in [0.1, 0.15) is 24.2 Å². The summed E-state index contributed by atoms with van der Waals surface area (Å²) in [6.07, 6.45) is 0.864. The Morgan fingerprint density at radius 2 is 1.70 bits per heavy atom. The molecule has 2 aromatic carbocycles. The number of thioether (sulfide) groups is 1. The minimum Gasteiger partial charge on any atom is -0.326 e. The number of hydrogen-bond donors (Lipinski definition) is 1. The van der Waals surface area contributed by atoms with Crippen molar-refractivity contribution < 1.29 is 4.39 Å². The Labute approximate surface area is 128 Å². The second-order valence-corrected chi connectivity index (χ2v) is 6.27. The normalized spacial score (nSPS) is 14.0. The first-order valence-corrected chi connectivity index (χ1v) is 7.79. The first-order valence-electron chi connectivity index (χ1n) is 6.53. The lowest BCUT2D eigenvalue weighted by Gasteiger charge is -2.23. The number of benzene rings is 2. The summed E-state index contributed by atoms with van der Waals surface area (Å²) in [5.41, 5.74) is 7.27. The maximum absolute atomic E-state index is 13.1. The zero-order valence-electron chi connectivity index (χ0n) is 11.2. The zero-order valence-corrected chi connectivity index (χ0v) is 12.8. The molecule has 2 rings (SSSR count). The molecule has 0 spiro atoms. The Kier molecular flexibility index (Phi) is 5.46. The van der Waals surface area contributed by atoms with Gasteiger partial charge in [0.05, 0.1) is 0 Å². The Morgan fingerprint density at radius 3 is 2.25 bits per heavy atom. The van der Waals surface area contributed by atoms with Crippen molar-refractivity contribution in [3.05, 3.63) is 64.9 Å². The van der Waals surface area contributed by atoms with Crippen LogP contribution in [-0.2, 0) is 0 Å². The van der Waals surface area contributed by atoms with Gasteiger partial charge in [-0.1, -0.05) is 30.7 Å². The van der Waals surface area contributed by atoms with Crippen LogP contribution in [0.25, 0.3) is 0 Å². The van der Waals surface area contributed by atoms with Crippen molar-refractivity contribution in [2.75, 3.05) is 0 Å². The van der Waals surface area contributed by atoms with Gasteiger partial charge in [0.25, 0.3) is 0 Å². The van der Waals surface area contributed by atoms with E-state index in [1.165, 1.54) is 12.1 Å². The quantitative estimate of drug-likeness (QED) is 0.782. The lowest BCUT2D eigenvalue weighted by atomic mass is 10.0. The van der Waals surface area contributed by atoms with Gasteiger partial charge in [-0.25, -0.2) is 4.39 Å². The van der Waals surface area contributed by atoms with Crippen LogP contribution in [0.15, 0.2) is 53.4 Å². The van der Waals surface area contributed by atoms with Crippen LogP contribution in [0.4, 0.5) is 4.39 Å². The summed E-state index contributed by atoms with van der Waals surface area (Å²) in [5, 5.41) is 0.814. The Bertz CT molecular complexity index is 541. The van der Waals surface area contributed by atoms with Crippen LogP contribution < -0.4 is 5.73 Å². The highest BCUT2D eigenvalue weighted by atomic mass is 35.5. The third-order valence-corrected chi connectivity index (χ3v) is 4.81. The van der Waals surface area contributed by atoms with Gasteiger partial charge in [-0.3, -0.25) is 0 Å². The molecule has 0 aromatic heterocycles. The fourth-order valence-corrected chi connectivity index (χ4v) is 3.30. The predicted molar refractivity (Wildman–Crippen MR) is 84.7 cm³/mol. The topological polar surface area (TPSA) is 26.0 Å².